The fraction of sp³-hybridized carbons (Fsp3) is 0.583. The molecule has 1 aliphatic heterocycles. The van der Waals surface area contributed by atoms with Crippen molar-refractivity contribution < 1.29 is 14.0 Å². The third-order valence-electron chi connectivity index (χ3n) is 3.23. The second kappa shape index (κ2) is 5.16. The Morgan fingerprint density at radius 1 is 1.28 bits per heavy atom. The Balaban J connectivity index is 2.70. The van der Waals surface area contributed by atoms with Crippen molar-refractivity contribution in [2.45, 2.75) is 38.9 Å². The van der Waals surface area contributed by atoms with Crippen molar-refractivity contribution in [3.8, 4) is 0 Å². The number of hydrogen-bond donors (Lipinski definition) is 1. The highest BCUT2D eigenvalue weighted by molar-refractivity contribution is 6.54. The number of allylic oxidation sites excluding steroid dienone is 1. The molecule has 1 saturated heterocycles. The number of ether oxygens (including phenoxy) is 1. The van der Waals surface area contributed by atoms with Gasteiger partial charge in [0, 0.05) is 6.20 Å². The number of nitrogens with zero attached hydrogens (tertiary/aromatic N) is 1. The third-order valence-corrected chi connectivity index (χ3v) is 3.23. The van der Waals surface area contributed by atoms with Gasteiger partial charge in [0.15, 0.2) is 0 Å². The summed E-state index contributed by atoms with van der Waals surface area (Å²) < 4.78 is 16.4. The lowest BCUT2D eigenvalue weighted by Crippen LogP contribution is -2.41. The molecular weight excluding hydrogens is 231 g/mol. The number of rotatable bonds is 4. The zero-order chi connectivity index (χ0) is 14.0. The van der Waals surface area contributed by atoms with Gasteiger partial charge in [-0.2, -0.15) is 0 Å². The monoisotopic (exact) mass is 252 g/mol. The van der Waals surface area contributed by atoms with E-state index in [9.17, 15) is 0 Å². The first-order valence-electron chi connectivity index (χ1n) is 5.77. The van der Waals surface area contributed by atoms with E-state index in [-0.39, 0.29) is 0 Å². The lowest BCUT2D eigenvalue weighted by molar-refractivity contribution is 0.00578. The molecule has 1 rings (SSSR count). The van der Waals surface area contributed by atoms with Crippen LogP contribution in [0, 0.1) is 0 Å². The Bertz CT molecular complexity index is 373. The summed E-state index contributed by atoms with van der Waals surface area (Å²) >= 11 is 0. The average Bonchev–Trinajstić information content (AvgIpc) is 2.48. The second-order valence-electron chi connectivity index (χ2n) is 5.17. The highest BCUT2D eigenvalue weighted by atomic mass is 16.7. The van der Waals surface area contributed by atoms with Crippen LogP contribution in [0.15, 0.2) is 29.1 Å². The first-order chi connectivity index (χ1) is 8.19. The Hall–Kier alpha value is -1.27. The molecular formula is C12H21BN2O3. The maximum Gasteiger partial charge on any atom is 0.513 e. The van der Waals surface area contributed by atoms with E-state index in [4.69, 9.17) is 19.8 Å². The van der Waals surface area contributed by atoms with Gasteiger partial charge in [-0.3, -0.25) is 4.99 Å². The summed E-state index contributed by atoms with van der Waals surface area (Å²) in [5.41, 5.74) is 5.47. The molecule has 18 heavy (non-hydrogen) atoms. The van der Waals surface area contributed by atoms with Gasteiger partial charge in [0.05, 0.1) is 30.1 Å². The molecule has 6 heteroatoms. The summed E-state index contributed by atoms with van der Waals surface area (Å²) in [5.74, 6) is 0.452. The van der Waals surface area contributed by atoms with Crippen molar-refractivity contribution in [1.29, 1.82) is 0 Å². The van der Waals surface area contributed by atoms with E-state index >= 15 is 0 Å². The first kappa shape index (κ1) is 14.8. The normalized spacial score (nSPS) is 22.5. The van der Waals surface area contributed by atoms with Gasteiger partial charge in [0.2, 0.25) is 0 Å². The van der Waals surface area contributed by atoms with E-state index in [1.54, 1.807) is 0 Å². The van der Waals surface area contributed by atoms with E-state index in [0.29, 0.717) is 11.4 Å². The molecule has 0 aromatic rings. The van der Waals surface area contributed by atoms with Gasteiger partial charge in [0.1, 0.15) is 5.76 Å². The molecule has 0 unspecified atom stereocenters. The molecule has 0 aromatic heterocycles. The summed E-state index contributed by atoms with van der Waals surface area (Å²) in [6.07, 6.45) is 2.95. The minimum Gasteiger partial charge on any atom is -0.496 e. The number of nitrogens with two attached hydrogens (primary N) is 1. The lowest BCUT2D eigenvalue weighted by Gasteiger charge is -2.32. The highest BCUT2D eigenvalue weighted by Crippen LogP contribution is 2.37. The van der Waals surface area contributed by atoms with Crippen LogP contribution in [0.5, 0.6) is 0 Å². The summed E-state index contributed by atoms with van der Waals surface area (Å²) in [6.45, 7) is 11.5. The van der Waals surface area contributed by atoms with Gasteiger partial charge >= 0.3 is 7.12 Å². The van der Waals surface area contributed by atoms with E-state index in [2.05, 4.69) is 11.6 Å². The molecule has 1 fully saturated rings. The fourth-order valence-corrected chi connectivity index (χ4v) is 1.30. The van der Waals surface area contributed by atoms with Crippen molar-refractivity contribution in [2.75, 3.05) is 7.11 Å². The molecule has 0 atom stereocenters. The van der Waals surface area contributed by atoms with Crippen LogP contribution in [0.4, 0.5) is 0 Å². The standard InChI is InChI=1S/C12H21BN2O3/c1-9(16-6)7-15-8-10(14)13-17-11(2,3)12(4,5)18-13/h7-8H,1,14H2,2-6H3/b10-8-,15-7?. The number of methoxy groups -OCH3 is 1. The van der Waals surface area contributed by atoms with Crippen LogP contribution >= 0.6 is 0 Å². The van der Waals surface area contributed by atoms with Crippen LogP contribution < -0.4 is 5.73 Å². The third kappa shape index (κ3) is 3.14. The molecule has 1 aliphatic rings. The molecule has 0 bridgehead atoms. The van der Waals surface area contributed by atoms with Crippen molar-refractivity contribution in [2.24, 2.45) is 10.7 Å². The zero-order valence-corrected chi connectivity index (χ0v) is 11.7. The van der Waals surface area contributed by atoms with Crippen molar-refractivity contribution in [3.63, 3.8) is 0 Å². The predicted molar refractivity (Wildman–Crippen MR) is 73.0 cm³/mol. The lowest BCUT2D eigenvalue weighted by atomic mass is 9.86. The summed E-state index contributed by atoms with van der Waals surface area (Å²) in [7, 11) is 0.943. The van der Waals surface area contributed by atoms with E-state index in [1.807, 2.05) is 27.7 Å². The number of aliphatic imine (C=N–C) groups is 1. The minimum atomic E-state index is -0.581. The van der Waals surface area contributed by atoms with E-state index < -0.39 is 18.3 Å². The molecule has 0 saturated carbocycles. The van der Waals surface area contributed by atoms with Crippen LogP contribution in [0.25, 0.3) is 0 Å². The second-order valence-corrected chi connectivity index (χ2v) is 5.17. The molecule has 2 N–H and O–H groups in total. The number of hydrogen-bond acceptors (Lipinski definition) is 5. The molecule has 0 aromatic carbocycles. The molecule has 100 valence electrons. The SMILES string of the molecule is C=C(C=N/C=C(\N)B1OC(C)(C)C(C)(C)O1)OC. The zero-order valence-electron chi connectivity index (χ0n) is 11.7. The van der Waals surface area contributed by atoms with Crippen LogP contribution in [0.2, 0.25) is 0 Å². The van der Waals surface area contributed by atoms with Gasteiger partial charge in [-0.15, -0.1) is 0 Å². The topological polar surface area (TPSA) is 66.1 Å². The van der Waals surface area contributed by atoms with Crippen molar-refractivity contribution in [1.82, 2.24) is 0 Å². The molecule has 0 spiro atoms. The minimum absolute atomic E-state index is 0.407. The molecule has 0 aliphatic carbocycles. The Labute approximate surface area is 109 Å². The van der Waals surface area contributed by atoms with Crippen molar-refractivity contribution >= 4 is 13.3 Å². The van der Waals surface area contributed by atoms with Gasteiger partial charge in [-0.25, -0.2) is 0 Å². The van der Waals surface area contributed by atoms with Gasteiger partial charge in [-0.1, -0.05) is 6.58 Å². The van der Waals surface area contributed by atoms with Crippen molar-refractivity contribution in [3.05, 3.63) is 24.1 Å². The molecule has 0 amide bonds. The summed E-state index contributed by atoms with van der Waals surface area (Å²) in [5, 5.41) is 0. The summed E-state index contributed by atoms with van der Waals surface area (Å²) in [4.78, 5) is 3.99. The maximum atomic E-state index is 5.88. The molecule has 1 heterocycles. The quantitative estimate of drug-likeness (QED) is 0.469. The smallest absolute Gasteiger partial charge is 0.496 e. The van der Waals surface area contributed by atoms with Gasteiger partial charge in [0.25, 0.3) is 0 Å². The van der Waals surface area contributed by atoms with Gasteiger partial charge < -0.3 is 19.8 Å². The largest absolute Gasteiger partial charge is 0.513 e. The van der Waals surface area contributed by atoms with Crippen LogP contribution in [0.3, 0.4) is 0 Å². The highest BCUT2D eigenvalue weighted by Gasteiger charge is 2.52. The first-order valence-corrected chi connectivity index (χ1v) is 5.77. The van der Waals surface area contributed by atoms with Crippen LogP contribution in [-0.4, -0.2) is 31.6 Å². The van der Waals surface area contributed by atoms with Crippen LogP contribution in [-0.2, 0) is 14.0 Å². The Kier molecular flexibility index (Phi) is 4.24. The van der Waals surface area contributed by atoms with E-state index in [1.165, 1.54) is 19.5 Å². The molecule has 5 nitrogen and oxygen atoms in total. The summed E-state index contributed by atoms with van der Waals surface area (Å²) in [6, 6.07) is 0. The fourth-order valence-electron chi connectivity index (χ4n) is 1.30. The Morgan fingerprint density at radius 3 is 2.22 bits per heavy atom. The van der Waals surface area contributed by atoms with Crippen LogP contribution in [0.1, 0.15) is 27.7 Å². The maximum absolute atomic E-state index is 5.88. The molecule has 0 radical (unpaired) electrons. The Morgan fingerprint density at radius 2 is 1.78 bits per heavy atom. The van der Waals surface area contributed by atoms with Gasteiger partial charge in [-0.05, 0) is 27.7 Å². The average molecular weight is 252 g/mol. The predicted octanol–water partition coefficient (Wildman–Crippen LogP) is 1.65. The van der Waals surface area contributed by atoms with E-state index in [0.717, 1.165) is 0 Å².